The lowest BCUT2D eigenvalue weighted by atomic mass is 10.1. The van der Waals surface area contributed by atoms with Gasteiger partial charge in [-0.2, -0.15) is 0 Å². The Balaban J connectivity index is 1.73. The van der Waals surface area contributed by atoms with E-state index in [0.717, 1.165) is 16.5 Å². The monoisotopic (exact) mass is 323 g/mol. The zero-order valence-electron chi connectivity index (χ0n) is 12.1. The van der Waals surface area contributed by atoms with Crippen molar-refractivity contribution in [3.63, 3.8) is 0 Å². The number of nitrogens with one attached hydrogen (secondary N) is 2. The SMILES string of the molecule is O=c1c2nccnc2[nH]c(=S)n1CCc1c[nH]c2ccccc12. The Morgan fingerprint density at radius 2 is 2.00 bits per heavy atom. The normalized spacial score (nSPS) is 11.3. The Kier molecular flexibility index (Phi) is 3.27. The average Bonchev–Trinajstić information content (AvgIpc) is 2.98. The molecule has 23 heavy (non-hydrogen) atoms. The Morgan fingerprint density at radius 1 is 1.17 bits per heavy atom. The second kappa shape index (κ2) is 5.44. The number of benzene rings is 1. The van der Waals surface area contributed by atoms with E-state index in [2.05, 4.69) is 26.0 Å². The second-order valence-electron chi connectivity index (χ2n) is 5.25. The molecule has 0 radical (unpaired) electrons. The standard InChI is InChI=1S/C16H13N5OS/c22-15-13-14(18-7-6-17-13)20-16(23)21(15)8-5-10-9-19-12-4-2-1-3-11(10)12/h1-4,6-7,9,19H,5,8H2,(H,18,20,23). The fraction of sp³-hybridized carbons (Fsp3) is 0.125. The molecule has 0 spiro atoms. The van der Waals surface area contributed by atoms with Crippen molar-refractivity contribution < 1.29 is 0 Å². The molecule has 3 heterocycles. The first kappa shape index (κ1) is 13.8. The predicted molar refractivity (Wildman–Crippen MR) is 91.0 cm³/mol. The Labute approximate surface area is 135 Å². The number of H-pyrrole nitrogens is 2. The molecule has 3 aromatic heterocycles. The number of aromatic amines is 2. The van der Waals surface area contributed by atoms with Gasteiger partial charge in [0, 0.05) is 36.0 Å². The zero-order chi connectivity index (χ0) is 15.8. The van der Waals surface area contributed by atoms with Gasteiger partial charge in [-0.3, -0.25) is 9.36 Å². The minimum Gasteiger partial charge on any atom is -0.361 e. The fourth-order valence-corrected chi connectivity index (χ4v) is 3.02. The van der Waals surface area contributed by atoms with E-state index in [0.29, 0.717) is 28.9 Å². The largest absolute Gasteiger partial charge is 0.361 e. The van der Waals surface area contributed by atoms with Crippen molar-refractivity contribution in [1.82, 2.24) is 24.5 Å². The zero-order valence-corrected chi connectivity index (χ0v) is 12.9. The molecule has 0 amide bonds. The first-order chi connectivity index (χ1) is 11.2. The molecule has 1 aromatic carbocycles. The van der Waals surface area contributed by atoms with Crippen LogP contribution in [0.25, 0.3) is 22.1 Å². The molecule has 114 valence electrons. The number of rotatable bonds is 3. The Morgan fingerprint density at radius 3 is 2.91 bits per heavy atom. The molecular weight excluding hydrogens is 310 g/mol. The maximum atomic E-state index is 12.5. The van der Waals surface area contributed by atoms with E-state index in [1.807, 2.05) is 24.4 Å². The van der Waals surface area contributed by atoms with Crippen molar-refractivity contribution in [2.75, 3.05) is 0 Å². The van der Waals surface area contributed by atoms with Gasteiger partial charge in [-0.15, -0.1) is 0 Å². The predicted octanol–water partition coefficient (Wildman–Crippen LogP) is 2.57. The second-order valence-corrected chi connectivity index (χ2v) is 5.64. The lowest BCUT2D eigenvalue weighted by molar-refractivity contribution is 0.652. The summed E-state index contributed by atoms with van der Waals surface area (Å²) in [4.78, 5) is 26.9. The van der Waals surface area contributed by atoms with E-state index in [4.69, 9.17) is 12.2 Å². The number of hydrogen-bond acceptors (Lipinski definition) is 4. The lowest BCUT2D eigenvalue weighted by Crippen LogP contribution is -2.24. The molecule has 0 fully saturated rings. The molecule has 4 aromatic rings. The molecule has 0 bridgehead atoms. The third-order valence-electron chi connectivity index (χ3n) is 3.90. The third-order valence-corrected chi connectivity index (χ3v) is 4.22. The summed E-state index contributed by atoms with van der Waals surface area (Å²) in [6.45, 7) is 0.489. The number of aromatic nitrogens is 5. The van der Waals surface area contributed by atoms with Crippen LogP contribution in [0.5, 0.6) is 0 Å². The van der Waals surface area contributed by atoms with E-state index in [-0.39, 0.29) is 5.56 Å². The lowest BCUT2D eigenvalue weighted by Gasteiger charge is -2.06. The molecule has 0 aliphatic carbocycles. The van der Waals surface area contributed by atoms with E-state index in [1.165, 1.54) is 17.0 Å². The highest BCUT2D eigenvalue weighted by molar-refractivity contribution is 7.71. The number of aryl methyl sites for hydroxylation is 1. The summed E-state index contributed by atoms with van der Waals surface area (Å²) < 4.78 is 1.90. The van der Waals surface area contributed by atoms with Gasteiger partial charge in [0.1, 0.15) is 0 Å². The first-order valence-corrected chi connectivity index (χ1v) is 7.64. The summed E-state index contributed by atoms with van der Waals surface area (Å²) in [6, 6.07) is 8.09. The highest BCUT2D eigenvalue weighted by Crippen LogP contribution is 2.18. The molecular formula is C16H13N5OS. The highest BCUT2D eigenvalue weighted by Gasteiger charge is 2.09. The van der Waals surface area contributed by atoms with E-state index >= 15 is 0 Å². The summed E-state index contributed by atoms with van der Waals surface area (Å²) in [5, 5.41) is 1.16. The van der Waals surface area contributed by atoms with Crippen LogP contribution in [-0.4, -0.2) is 24.5 Å². The molecule has 0 unspecified atom stereocenters. The third kappa shape index (κ3) is 2.35. The van der Waals surface area contributed by atoms with Gasteiger partial charge in [0.15, 0.2) is 15.9 Å². The van der Waals surface area contributed by atoms with Crippen molar-refractivity contribution in [2.24, 2.45) is 0 Å². The van der Waals surface area contributed by atoms with Gasteiger partial charge in [0.2, 0.25) is 0 Å². The van der Waals surface area contributed by atoms with Crippen LogP contribution in [0.1, 0.15) is 5.56 Å². The fourth-order valence-electron chi connectivity index (χ4n) is 2.75. The smallest absolute Gasteiger partial charge is 0.282 e. The summed E-state index contributed by atoms with van der Waals surface area (Å²) in [5.41, 5.74) is 2.76. The highest BCUT2D eigenvalue weighted by atomic mass is 32.1. The van der Waals surface area contributed by atoms with Gasteiger partial charge < -0.3 is 9.97 Å². The van der Waals surface area contributed by atoms with Crippen LogP contribution in [0.15, 0.2) is 47.7 Å². The van der Waals surface area contributed by atoms with Crippen LogP contribution >= 0.6 is 12.2 Å². The van der Waals surface area contributed by atoms with Crippen molar-refractivity contribution in [2.45, 2.75) is 13.0 Å². The van der Waals surface area contributed by atoms with Crippen LogP contribution < -0.4 is 5.56 Å². The van der Waals surface area contributed by atoms with Crippen LogP contribution in [0, 0.1) is 4.77 Å². The van der Waals surface area contributed by atoms with Gasteiger partial charge in [0.25, 0.3) is 5.56 Å². The molecule has 0 atom stereocenters. The number of fused-ring (bicyclic) bond motifs is 2. The minimum absolute atomic E-state index is 0.211. The summed E-state index contributed by atoms with van der Waals surface area (Å²) in [6.07, 6.45) is 5.71. The minimum atomic E-state index is -0.211. The van der Waals surface area contributed by atoms with Gasteiger partial charge in [-0.05, 0) is 30.3 Å². The van der Waals surface area contributed by atoms with E-state index in [9.17, 15) is 4.79 Å². The van der Waals surface area contributed by atoms with Crippen LogP contribution in [0.2, 0.25) is 0 Å². The Hall–Kier alpha value is -2.80. The van der Waals surface area contributed by atoms with Gasteiger partial charge >= 0.3 is 0 Å². The van der Waals surface area contributed by atoms with Crippen LogP contribution in [-0.2, 0) is 13.0 Å². The van der Waals surface area contributed by atoms with Crippen molar-refractivity contribution in [1.29, 1.82) is 0 Å². The number of nitrogens with zero attached hydrogens (tertiary/aromatic N) is 3. The molecule has 0 saturated heterocycles. The molecule has 4 rings (SSSR count). The first-order valence-electron chi connectivity index (χ1n) is 7.23. The van der Waals surface area contributed by atoms with E-state index < -0.39 is 0 Å². The molecule has 2 N–H and O–H groups in total. The van der Waals surface area contributed by atoms with Crippen LogP contribution in [0.3, 0.4) is 0 Å². The maximum absolute atomic E-state index is 12.5. The summed E-state index contributed by atoms with van der Waals surface area (Å²) in [5.74, 6) is 0. The molecule has 0 aliphatic rings. The van der Waals surface area contributed by atoms with Crippen molar-refractivity contribution in [3.8, 4) is 0 Å². The van der Waals surface area contributed by atoms with Crippen molar-refractivity contribution >= 4 is 34.3 Å². The molecule has 7 heteroatoms. The number of hydrogen-bond donors (Lipinski definition) is 2. The van der Waals surface area contributed by atoms with Crippen LogP contribution in [0.4, 0.5) is 0 Å². The molecule has 0 aliphatic heterocycles. The topological polar surface area (TPSA) is 79.4 Å². The van der Waals surface area contributed by atoms with Gasteiger partial charge in [-0.1, -0.05) is 18.2 Å². The quantitative estimate of drug-likeness (QED) is 0.568. The molecule has 0 saturated carbocycles. The van der Waals surface area contributed by atoms with Gasteiger partial charge in [-0.25, -0.2) is 9.97 Å². The van der Waals surface area contributed by atoms with Gasteiger partial charge in [0.05, 0.1) is 0 Å². The number of para-hydroxylation sites is 1. The maximum Gasteiger partial charge on any atom is 0.282 e. The Bertz CT molecular complexity index is 1120. The summed E-state index contributed by atoms with van der Waals surface area (Å²) >= 11 is 5.29. The summed E-state index contributed by atoms with van der Waals surface area (Å²) in [7, 11) is 0. The van der Waals surface area contributed by atoms with E-state index in [1.54, 1.807) is 0 Å². The average molecular weight is 323 g/mol. The van der Waals surface area contributed by atoms with Crippen molar-refractivity contribution in [3.05, 3.63) is 63.5 Å². The molecule has 6 nitrogen and oxygen atoms in total.